The Hall–Kier alpha value is -3.98. The molecule has 1 spiro atoms. The Labute approximate surface area is 266 Å². The van der Waals surface area contributed by atoms with E-state index in [-0.39, 0.29) is 33.9 Å². The number of phenols is 1. The van der Waals surface area contributed by atoms with Crippen LogP contribution in [0.15, 0.2) is 41.2 Å². The Morgan fingerprint density at radius 1 is 1.09 bits per heavy atom. The van der Waals surface area contributed by atoms with Gasteiger partial charge in [-0.2, -0.15) is 4.73 Å². The molecule has 2 aliphatic heterocycles. The molecule has 0 amide bonds. The van der Waals surface area contributed by atoms with Crippen molar-refractivity contribution in [3.63, 3.8) is 0 Å². The first-order valence-corrected chi connectivity index (χ1v) is 15.9. The molecule has 1 saturated heterocycles. The molecule has 7 atom stereocenters. The molecule has 2 bridgehead atoms. The number of para-hydroxylation sites is 1. The SMILES string of the molecule is O=C(O)C(O)C(On1c(=S)n(C2CC[C@@]3(O)[C@H]4Cc5ccc(O)c6c5[C@@]3(CCN4CC3CC3)C2O6)c(=O)c2ccccc21)C(=O)O. The molecule has 4 unspecified atom stereocenters. The van der Waals surface area contributed by atoms with E-state index in [0.29, 0.717) is 37.5 Å². The maximum atomic E-state index is 14.3. The van der Waals surface area contributed by atoms with Gasteiger partial charge in [-0.05, 0) is 87.0 Å². The number of hydrogen-bond acceptors (Lipinski definition) is 10. The molecule has 5 N–H and O–H groups in total. The van der Waals surface area contributed by atoms with Crippen LogP contribution in [0, 0.1) is 10.7 Å². The van der Waals surface area contributed by atoms with Gasteiger partial charge in [0.25, 0.3) is 11.7 Å². The molecule has 46 heavy (non-hydrogen) atoms. The predicted molar refractivity (Wildman–Crippen MR) is 163 cm³/mol. The highest BCUT2D eigenvalue weighted by molar-refractivity contribution is 7.71. The van der Waals surface area contributed by atoms with Gasteiger partial charge >= 0.3 is 11.9 Å². The smallest absolute Gasteiger partial charge is 0.351 e. The van der Waals surface area contributed by atoms with Crippen molar-refractivity contribution in [2.75, 3.05) is 13.1 Å². The lowest BCUT2D eigenvalue weighted by molar-refractivity contribution is -0.196. The number of carboxylic acids is 2. The van der Waals surface area contributed by atoms with Gasteiger partial charge in [-0.1, -0.05) is 18.2 Å². The van der Waals surface area contributed by atoms with Crippen molar-refractivity contribution < 1.29 is 44.7 Å². The van der Waals surface area contributed by atoms with Crippen LogP contribution in [0.2, 0.25) is 0 Å². The molecule has 2 aromatic carbocycles. The Balaban J connectivity index is 1.31. The monoisotopic (exact) mass is 651 g/mol. The zero-order valence-electron chi connectivity index (χ0n) is 24.6. The highest BCUT2D eigenvalue weighted by Crippen LogP contribution is 2.67. The second-order valence-corrected chi connectivity index (χ2v) is 13.7. The summed E-state index contributed by atoms with van der Waals surface area (Å²) in [5.41, 5.74) is -0.844. The minimum Gasteiger partial charge on any atom is -0.504 e. The molecular formula is C32H33N3O10S. The summed E-state index contributed by atoms with van der Waals surface area (Å²) in [7, 11) is 0. The number of carboxylic acid groups (broad SMARTS) is 2. The van der Waals surface area contributed by atoms with E-state index in [1.807, 2.05) is 6.07 Å². The van der Waals surface area contributed by atoms with Crippen LogP contribution in [0.5, 0.6) is 11.5 Å². The van der Waals surface area contributed by atoms with Gasteiger partial charge in [0.1, 0.15) is 6.10 Å². The van der Waals surface area contributed by atoms with Gasteiger partial charge in [0.05, 0.1) is 28.0 Å². The maximum absolute atomic E-state index is 14.3. The van der Waals surface area contributed by atoms with E-state index in [1.54, 1.807) is 18.2 Å². The summed E-state index contributed by atoms with van der Waals surface area (Å²) in [6, 6.07) is 8.73. The summed E-state index contributed by atoms with van der Waals surface area (Å²) >= 11 is 5.80. The lowest BCUT2D eigenvalue weighted by Crippen LogP contribution is -2.76. The first-order chi connectivity index (χ1) is 22.0. The zero-order valence-corrected chi connectivity index (χ0v) is 25.4. The number of benzene rings is 2. The van der Waals surface area contributed by atoms with E-state index in [9.17, 15) is 39.9 Å². The first kappa shape index (κ1) is 29.4. The van der Waals surface area contributed by atoms with Crippen LogP contribution in [0.4, 0.5) is 0 Å². The van der Waals surface area contributed by atoms with Crippen LogP contribution in [0.3, 0.4) is 0 Å². The summed E-state index contributed by atoms with van der Waals surface area (Å²) in [4.78, 5) is 45.9. The molecule has 3 aromatic rings. The molecule has 3 heterocycles. The van der Waals surface area contributed by atoms with Crippen molar-refractivity contribution in [2.45, 2.75) is 79.9 Å². The Kier molecular flexibility index (Phi) is 6.40. The van der Waals surface area contributed by atoms with Crippen molar-refractivity contribution in [1.29, 1.82) is 0 Å². The lowest BCUT2D eigenvalue weighted by atomic mass is 9.48. The maximum Gasteiger partial charge on any atom is 0.351 e. The van der Waals surface area contributed by atoms with E-state index in [4.69, 9.17) is 21.8 Å². The van der Waals surface area contributed by atoms with Crippen LogP contribution in [-0.4, -0.2) is 94.7 Å². The average molecular weight is 652 g/mol. The van der Waals surface area contributed by atoms with Crippen molar-refractivity contribution in [3.8, 4) is 11.5 Å². The Morgan fingerprint density at radius 2 is 1.85 bits per heavy atom. The second-order valence-electron chi connectivity index (χ2n) is 13.3. The second kappa shape index (κ2) is 10.0. The lowest BCUT2D eigenvalue weighted by Gasteiger charge is -2.64. The minimum atomic E-state index is -2.43. The van der Waals surface area contributed by atoms with Crippen molar-refractivity contribution >= 4 is 35.1 Å². The number of carbonyl (C=O) groups is 2. The number of fused-ring (bicyclic) bond motifs is 1. The van der Waals surface area contributed by atoms with Gasteiger partial charge in [0.2, 0.25) is 10.9 Å². The molecule has 3 fully saturated rings. The third-order valence-electron chi connectivity index (χ3n) is 11.0. The number of aromatic nitrogens is 2. The van der Waals surface area contributed by atoms with Gasteiger partial charge in [0, 0.05) is 18.2 Å². The molecule has 3 aliphatic carbocycles. The summed E-state index contributed by atoms with van der Waals surface area (Å²) < 4.78 is 8.56. The zero-order chi connectivity index (χ0) is 32.3. The fourth-order valence-electron chi connectivity index (χ4n) is 8.84. The van der Waals surface area contributed by atoms with E-state index in [0.717, 1.165) is 22.4 Å². The third kappa shape index (κ3) is 3.84. The van der Waals surface area contributed by atoms with Crippen LogP contribution in [-0.2, 0) is 21.4 Å². The Bertz CT molecular complexity index is 1940. The van der Waals surface area contributed by atoms with E-state index < -0.39 is 52.9 Å². The molecule has 8 rings (SSSR count). The number of hydrogen-bond donors (Lipinski definition) is 5. The van der Waals surface area contributed by atoms with Crippen molar-refractivity contribution in [2.24, 2.45) is 5.92 Å². The normalized spacial score (nSPS) is 30.7. The van der Waals surface area contributed by atoms with Crippen LogP contribution in [0.1, 0.15) is 49.3 Å². The quantitative estimate of drug-likeness (QED) is 0.221. The van der Waals surface area contributed by atoms with Gasteiger partial charge < -0.3 is 35.1 Å². The number of ether oxygens (including phenoxy) is 1. The highest BCUT2D eigenvalue weighted by atomic mass is 32.1. The summed E-state index contributed by atoms with van der Waals surface area (Å²) in [6.07, 6.45) is -1.46. The molecular weight excluding hydrogens is 618 g/mol. The molecule has 0 radical (unpaired) electrons. The Morgan fingerprint density at radius 3 is 2.57 bits per heavy atom. The summed E-state index contributed by atoms with van der Waals surface area (Å²) in [6.45, 7) is 1.61. The van der Waals surface area contributed by atoms with E-state index >= 15 is 0 Å². The molecule has 242 valence electrons. The number of rotatable bonds is 8. The number of aliphatic carboxylic acids is 2. The van der Waals surface area contributed by atoms with E-state index in [2.05, 4.69) is 4.90 Å². The van der Waals surface area contributed by atoms with Crippen molar-refractivity contribution in [1.82, 2.24) is 14.2 Å². The number of nitrogens with zero attached hydrogens (tertiary/aromatic N) is 3. The van der Waals surface area contributed by atoms with Crippen LogP contribution >= 0.6 is 12.2 Å². The minimum absolute atomic E-state index is 0.0581. The summed E-state index contributed by atoms with van der Waals surface area (Å²) in [5, 5.41) is 53.3. The predicted octanol–water partition coefficient (Wildman–Crippen LogP) is 1.37. The van der Waals surface area contributed by atoms with Crippen molar-refractivity contribution in [3.05, 3.63) is 62.6 Å². The van der Waals surface area contributed by atoms with E-state index in [1.165, 1.54) is 29.5 Å². The fraction of sp³-hybridized carbons (Fsp3) is 0.500. The number of likely N-dealkylation sites (tertiary alicyclic amines) is 1. The van der Waals surface area contributed by atoms with Gasteiger partial charge in [-0.3, -0.25) is 14.3 Å². The number of aliphatic hydroxyl groups is 2. The number of piperidine rings is 1. The molecule has 14 heteroatoms. The van der Waals surface area contributed by atoms with Crippen LogP contribution < -0.4 is 15.1 Å². The standard InChI is InChI=1S/C32H33N3O10S/c36-20-8-7-16-13-21-32(43)10-9-19(26-31(32,22(16)24(20)44-26)11-12-33(21)14-15-5-6-15)34-27(38)17-3-1-2-4-18(17)35(30(34)46)45-25(29(41)42)23(37)28(39)40/h1-4,7-8,15,19,21,23,25-26,36-37,43H,5-6,9-14H2,(H,39,40)(H,41,42)/t19?,21-,23?,25?,26?,31+,32-/m1/s1. The largest absolute Gasteiger partial charge is 0.504 e. The van der Waals surface area contributed by atoms with Gasteiger partial charge in [-0.15, -0.1) is 0 Å². The van der Waals surface area contributed by atoms with Gasteiger partial charge in [-0.25, -0.2) is 9.59 Å². The summed E-state index contributed by atoms with van der Waals surface area (Å²) in [5.74, 6) is -2.71. The first-order valence-electron chi connectivity index (χ1n) is 15.5. The van der Waals surface area contributed by atoms with Gasteiger partial charge in [0.15, 0.2) is 11.5 Å². The number of aromatic hydroxyl groups is 1. The fourth-order valence-corrected chi connectivity index (χ4v) is 9.20. The molecule has 1 aromatic heterocycles. The van der Waals surface area contributed by atoms with Crippen LogP contribution in [0.25, 0.3) is 10.9 Å². The number of aliphatic hydroxyl groups excluding tert-OH is 1. The molecule has 2 saturated carbocycles. The highest BCUT2D eigenvalue weighted by Gasteiger charge is 2.73. The molecule has 13 nitrogen and oxygen atoms in total. The third-order valence-corrected chi connectivity index (χ3v) is 11.4. The topological polar surface area (TPSA) is 184 Å². The number of phenolic OH excluding ortho intramolecular Hbond substituents is 1. The average Bonchev–Trinajstić information content (AvgIpc) is 3.77. The molecule has 5 aliphatic rings.